The van der Waals surface area contributed by atoms with E-state index < -0.39 is 0 Å². The van der Waals surface area contributed by atoms with E-state index in [1.54, 1.807) is 12.3 Å². The van der Waals surface area contributed by atoms with Gasteiger partial charge >= 0.3 is 0 Å². The van der Waals surface area contributed by atoms with Crippen molar-refractivity contribution in [2.75, 3.05) is 26.2 Å². The van der Waals surface area contributed by atoms with Crippen molar-refractivity contribution in [3.8, 4) is 0 Å². The average Bonchev–Trinajstić information content (AvgIpc) is 3.17. The molecule has 6 nitrogen and oxygen atoms in total. The van der Waals surface area contributed by atoms with Crippen LogP contribution in [0.25, 0.3) is 27.9 Å². The normalized spacial score (nSPS) is 14.5. The Morgan fingerprint density at radius 3 is 2.26 bits per heavy atom. The molecule has 0 N–H and O–H groups in total. The molecule has 0 unspecified atom stereocenters. The van der Waals surface area contributed by atoms with Crippen molar-refractivity contribution >= 4 is 39.7 Å². The van der Waals surface area contributed by atoms with Gasteiger partial charge in [-0.25, -0.2) is 0 Å². The zero-order valence-corrected chi connectivity index (χ0v) is 19.6. The fourth-order valence-corrected chi connectivity index (χ4v) is 4.50. The van der Waals surface area contributed by atoms with Crippen molar-refractivity contribution in [1.82, 2.24) is 19.8 Å². The molecule has 4 aromatic rings. The molecule has 1 saturated heterocycles. The Morgan fingerprint density at radius 1 is 0.800 bits per heavy atom. The molecular weight excluding hydrogens is 436 g/mol. The van der Waals surface area contributed by atoms with E-state index in [0.717, 1.165) is 39.4 Å². The lowest BCUT2D eigenvalue weighted by atomic mass is 10.1. The molecule has 0 aliphatic carbocycles. The molecule has 0 spiro atoms. The lowest BCUT2D eigenvalue weighted by molar-refractivity contribution is -0.132. The van der Waals surface area contributed by atoms with Crippen LogP contribution in [0.4, 0.5) is 0 Å². The first-order valence-electron chi connectivity index (χ1n) is 12.1. The van der Waals surface area contributed by atoms with Crippen molar-refractivity contribution in [2.45, 2.75) is 19.3 Å². The predicted molar refractivity (Wildman–Crippen MR) is 139 cm³/mol. The molecule has 2 aromatic heterocycles. The predicted octanol–water partition coefficient (Wildman–Crippen LogP) is 4.49. The van der Waals surface area contributed by atoms with Gasteiger partial charge in [0.15, 0.2) is 0 Å². The highest BCUT2D eigenvalue weighted by atomic mass is 16.2. The summed E-state index contributed by atoms with van der Waals surface area (Å²) < 4.78 is 0. The van der Waals surface area contributed by atoms with E-state index in [4.69, 9.17) is 0 Å². The Balaban J connectivity index is 1.14. The number of aromatic nitrogens is 2. The van der Waals surface area contributed by atoms with Gasteiger partial charge in [-0.15, -0.1) is 0 Å². The minimum atomic E-state index is -0.0327. The Bertz CT molecular complexity index is 1400. The van der Waals surface area contributed by atoms with Crippen LogP contribution in [0, 0.1) is 0 Å². The van der Waals surface area contributed by atoms with Gasteiger partial charge < -0.3 is 9.80 Å². The second-order valence-electron chi connectivity index (χ2n) is 8.89. The highest BCUT2D eigenvalue weighted by Crippen LogP contribution is 2.16. The molecule has 2 aromatic carbocycles. The number of rotatable bonds is 5. The van der Waals surface area contributed by atoms with Crippen molar-refractivity contribution in [3.05, 3.63) is 90.3 Å². The highest BCUT2D eigenvalue weighted by molar-refractivity contribution is 5.92. The summed E-state index contributed by atoms with van der Waals surface area (Å²) in [5.74, 6) is 0.0972. The van der Waals surface area contributed by atoms with E-state index >= 15 is 0 Å². The summed E-state index contributed by atoms with van der Waals surface area (Å²) in [6.45, 7) is 2.43. The van der Waals surface area contributed by atoms with Crippen LogP contribution >= 0.6 is 0 Å². The molecule has 0 atom stereocenters. The quantitative estimate of drug-likeness (QED) is 0.408. The van der Waals surface area contributed by atoms with Crippen LogP contribution in [0.3, 0.4) is 0 Å². The molecule has 1 aliphatic rings. The Hall–Kier alpha value is -4.06. The zero-order chi connectivity index (χ0) is 24.0. The van der Waals surface area contributed by atoms with E-state index in [9.17, 15) is 9.59 Å². The first-order chi connectivity index (χ1) is 17.2. The van der Waals surface area contributed by atoms with Gasteiger partial charge in [-0.3, -0.25) is 19.6 Å². The summed E-state index contributed by atoms with van der Waals surface area (Å²) in [6.07, 6.45) is 8.95. The molecule has 0 bridgehead atoms. The van der Waals surface area contributed by atoms with Gasteiger partial charge in [0.05, 0.1) is 11.0 Å². The smallest absolute Gasteiger partial charge is 0.246 e. The molecular formula is C29H28N4O2. The summed E-state index contributed by atoms with van der Waals surface area (Å²) >= 11 is 0. The van der Waals surface area contributed by atoms with E-state index in [2.05, 4.69) is 16.0 Å². The fourth-order valence-electron chi connectivity index (χ4n) is 4.50. The minimum absolute atomic E-state index is 0.0327. The molecule has 5 rings (SSSR count). The summed E-state index contributed by atoms with van der Waals surface area (Å²) in [5, 5.41) is 2.14. The highest BCUT2D eigenvalue weighted by Gasteiger charge is 2.21. The van der Waals surface area contributed by atoms with Gasteiger partial charge in [0, 0.05) is 61.8 Å². The fraction of sp³-hybridized carbons (Fsp3) is 0.241. The molecule has 3 heterocycles. The van der Waals surface area contributed by atoms with Crippen LogP contribution in [0.2, 0.25) is 0 Å². The lowest BCUT2D eigenvalue weighted by Crippen LogP contribution is -2.36. The maximum absolute atomic E-state index is 12.9. The largest absolute Gasteiger partial charge is 0.341 e. The summed E-state index contributed by atoms with van der Waals surface area (Å²) in [4.78, 5) is 38.3. The first-order valence-corrected chi connectivity index (χ1v) is 12.1. The standard InChI is InChI=1S/C29H28N4O2/c34-28(12-10-22-18-24-6-1-3-8-26(24)30-20-22)32-14-5-15-33(17-16-32)29(35)13-11-23-19-25-7-2-4-9-27(25)31-21-23/h1-4,6-10,12,18-21H,5,11,13-17H2/b12-10+. The lowest BCUT2D eigenvalue weighted by Gasteiger charge is -2.21. The van der Waals surface area contributed by atoms with Crippen LogP contribution in [0.15, 0.2) is 79.1 Å². The molecule has 0 saturated carbocycles. The third kappa shape index (κ3) is 5.54. The Labute approximate surface area is 204 Å². The van der Waals surface area contributed by atoms with Crippen molar-refractivity contribution in [1.29, 1.82) is 0 Å². The molecule has 6 heteroatoms. The number of pyridine rings is 2. The second kappa shape index (κ2) is 10.5. The molecule has 2 amide bonds. The van der Waals surface area contributed by atoms with Gasteiger partial charge in [-0.05, 0) is 54.3 Å². The average molecular weight is 465 g/mol. The van der Waals surface area contributed by atoms with Crippen molar-refractivity contribution < 1.29 is 9.59 Å². The van der Waals surface area contributed by atoms with E-state index in [1.807, 2.05) is 76.7 Å². The monoisotopic (exact) mass is 464 g/mol. The van der Waals surface area contributed by atoms with E-state index in [1.165, 1.54) is 0 Å². The Morgan fingerprint density at radius 2 is 1.46 bits per heavy atom. The summed E-state index contributed by atoms with van der Waals surface area (Å²) in [6, 6.07) is 20.1. The number of nitrogens with zero attached hydrogens (tertiary/aromatic N) is 4. The molecule has 1 fully saturated rings. The number of carbonyl (C=O) groups excluding carboxylic acids is 2. The van der Waals surface area contributed by atoms with Crippen LogP contribution in [-0.4, -0.2) is 57.8 Å². The number of aryl methyl sites for hydroxylation is 1. The van der Waals surface area contributed by atoms with Gasteiger partial charge in [0.25, 0.3) is 0 Å². The topological polar surface area (TPSA) is 66.4 Å². The molecule has 176 valence electrons. The number of benzene rings is 2. The van der Waals surface area contributed by atoms with Gasteiger partial charge in [0.1, 0.15) is 0 Å². The minimum Gasteiger partial charge on any atom is -0.341 e. The number of amides is 2. The second-order valence-corrected chi connectivity index (χ2v) is 8.89. The first kappa shape index (κ1) is 22.7. The van der Waals surface area contributed by atoms with Crippen LogP contribution in [0.1, 0.15) is 24.0 Å². The molecule has 1 aliphatic heterocycles. The molecule has 0 radical (unpaired) electrons. The number of hydrogen-bond donors (Lipinski definition) is 0. The molecule has 35 heavy (non-hydrogen) atoms. The number of fused-ring (bicyclic) bond motifs is 2. The van der Waals surface area contributed by atoms with E-state index in [-0.39, 0.29) is 11.8 Å². The van der Waals surface area contributed by atoms with Gasteiger partial charge in [-0.1, -0.05) is 36.4 Å². The summed E-state index contributed by atoms with van der Waals surface area (Å²) in [5.41, 5.74) is 3.86. The number of para-hydroxylation sites is 2. The summed E-state index contributed by atoms with van der Waals surface area (Å²) in [7, 11) is 0. The van der Waals surface area contributed by atoms with Crippen LogP contribution in [0.5, 0.6) is 0 Å². The zero-order valence-electron chi connectivity index (χ0n) is 19.6. The van der Waals surface area contributed by atoms with Crippen LogP contribution < -0.4 is 0 Å². The van der Waals surface area contributed by atoms with Gasteiger partial charge in [-0.2, -0.15) is 0 Å². The van der Waals surface area contributed by atoms with Crippen LogP contribution in [-0.2, 0) is 16.0 Å². The third-order valence-corrected chi connectivity index (χ3v) is 6.46. The Kier molecular flexibility index (Phi) is 6.80. The van der Waals surface area contributed by atoms with E-state index in [0.29, 0.717) is 39.0 Å². The number of carbonyl (C=O) groups is 2. The maximum Gasteiger partial charge on any atom is 0.246 e. The van der Waals surface area contributed by atoms with Crippen molar-refractivity contribution in [3.63, 3.8) is 0 Å². The third-order valence-electron chi connectivity index (χ3n) is 6.46. The van der Waals surface area contributed by atoms with Crippen molar-refractivity contribution in [2.24, 2.45) is 0 Å². The SMILES string of the molecule is O=C(/C=C/c1cnc2ccccc2c1)N1CCCN(C(=O)CCc2cnc3ccccc3c2)CC1. The van der Waals surface area contributed by atoms with Gasteiger partial charge in [0.2, 0.25) is 11.8 Å². The maximum atomic E-state index is 12.9. The number of hydrogen-bond acceptors (Lipinski definition) is 4.